The number of benzene rings is 1. The molecule has 5 heteroatoms. The molecule has 3 aromatic rings. The van der Waals surface area contributed by atoms with Crippen LogP contribution in [0.2, 0.25) is 0 Å². The Balaban J connectivity index is 1.91. The Hall–Kier alpha value is -2.14. The van der Waals surface area contributed by atoms with Gasteiger partial charge < -0.3 is 14.6 Å². The van der Waals surface area contributed by atoms with Crippen LogP contribution in [-0.2, 0) is 4.74 Å². The summed E-state index contributed by atoms with van der Waals surface area (Å²) in [6, 6.07) is 6.29. The molecular formula is C17H20N4O. The molecular weight excluding hydrogens is 276 g/mol. The van der Waals surface area contributed by atoms with Crippen molar-refractivity contribution < 1.29 is 4.74 Å². The molecule has 5 nitrogen and oxygen atoms in total. The molecule has 0 aliphatic carbocycles. The molecule has 4 rings (SSSR count). The lowest BCUT2D eigenvalue weighted by Gasteiger charge is -2.36. The first-order chi connectivity index (χ1) is 10.6. The highest BCUT2D eigenvalue weighted by Crippen LogP contribution is 2.32. The standard InChI is InChI=1S/C17H20N4O/c1-10-5-4-6-13-14(10)15-16(20-13)17(19-9-18-15)21-7-11(2)22-12(3)8-21/h4-6,9,11-12,20H,7-8H2,1-3H3/t11-,12+. The second-order valence-electron chi connectivity index (χ2n) is 6.21. The molecule has 1 aromatic carbocycles. The van der Waals surface area contributed by atoms with Gasteiger partial charge >= 0.3 is 0 Å². The van der Waals surface area contributed by atoms with Gasteiger partial charge in [0.25, 0.3) is 0 Å². The minimum Gasteiger partial charge on any atom is -0.372 e. The summed E-state index contributed by atoms with van der Waals surface area (Å²) in [5.41, 5.74) is 4.38. The predicted octanol–water partition coefficient (Wildman–Crippen LogP) is 3.03. The zero-order valence-electron chi connectivity index (χ0n) is 13.1. The average molecular weight is 296 g/mol. The zero-order valence-corrected chi connectivity index (χ0v) is 13.1. The normalized spacial score (nSPS) is 22.6. The van der Waals surface area contributed by atoms with Crippen molar-refractivity contribution >= 4 is 27.8 Å². The van der Waals surface area contributed by atoms with Crippen molar-refractivity contribution in [2.45, 2.75) is 33.0 Å². The molecule has 0 unspecified atom stereocenters. The number of hydrogen-bond donors (Lipinski definition) is 1. The van der Waals surface area contributed by atoms with Gasteiger partial charge in [0.15, 0.2) is 5.82 Å². The molecule has 1 N–H and O–H groups in total. The lowest BCUT2D eigenvalue weighted by atomic mass is 10.1. The fourth-order valence-electron chi connectivity index (χ4n) is 3.49. The fourth-order valence-corrected chi connectivity index (χ4v) is 3.49. The highest BCUT2D eigenvalue weighted by molar-refractivity contribution is 6.09. The number of ether oxygens (including phenoxy) is 1. The topological polar surface area (TPSA) is 54.0 Å². The van der Waals surface area contributed by atoms with Gasteiger partial charge in [-0.2, -0.15) is 0 Å². The number of aromatic amines is 1. The van der Waals surface area contributed by atoms with Crippen molar-refractivity contribution in [2.75, 3.05) is 18.0 Å². The fraction of sp³-hybridized carbons (Fsp3) is 0.412. The number of nitrogens with zero attached hydrogens (tertiary/aromatic N) is 3. The second-order valence-corrected chi connectivity index (χ2v) is 6.21. The molecule has 1 saturated heterocycles. The maximum absolute atomic E-state index is 5.83. The molecule has 114 valence electrons. The third-order valence-electron chi connectivity index (χ3n) is 4.32. The average Bonchev–Trinajstić information content (AvgIpc) is 2.85. The Kier molecular flexibility index (Phi) is 3.04. The van der Waals surface area contributed by atoms with Gasteiger partial charge in [0, 0.05) is 24.0 Å². The molecule has 0 spiro atoms. The van der Waals surface area contributed by atoms with E-state index >= 15 is 0 Å². The minimum atomic E-state index is 0.208. The summed E-state index contributed by atoms with van der Waals surface area (Å²) in [7, 11) is 0. The maximum Gasteiger partial charge on any atom is 0.156 e. The van der Waals surface area contributed by atoms with Crippen LogP contribution in [0, 0.1) is 6.92 Å². The van der Waals surface area contributed by atoms with Crippen LogP contribution < -0.4 is 4.90 Å². The van der Waals surface area contributed by atoms with Crippen molar-refractivity contribution in [3.63, 3.8) is 0 Å². The Morgan fingerprint density at radius 2 is 1.95 bits per heavy atom. The van der Waals surface area contributed by atoms with E-state index in [2.05, 4.69) is 58.8 Å². The van der Waals surface area contributed by atoms with E-state index in [0.29, 0.717) is 0 Å². The van der Waals surface area contributed by atoms with Crippen LogP contribution in [0.1, 0.15) is 19.4 Å². The number of morpholine rings is 1. The van der Waals surface area contributed by atoms with Crippen molar-refractivity contribution in [3.05, 3.63) is 30.1 Å². The third kappa shape index (κ3) is 2.04. The number of hydrogen-bond acceptors (Lipinski definition) is 4. The molecule has 0 amide bonds. The summed E-state index contributed by atoms with van der Waals surface area (Å²) < 4.78 is 5.83. The number of aromatic nitrogens is 3. The molecule has 0 radical (unpaired) electrons. The Morgan fingerprint density at radius 1 is 1.18 bits per heavy atom. The van der Waals surface area contributed by atoms with Gasteiger partial charge in [0.2, 0.25) is 0 Å². The Bertz CT molecular complexity index is 831. The van der Waals surface area contributed by atoms with E-state index in [1.807, 2.05) is 0 Å². The Labute approximate surface area is 129 Å². The lowest BCUT2D eigenvalue weighted by molar-refractivity contribution is -0.00537. The van der Waals surface area contributed by atoms with Crippen molar-refractivity contribution in [1.29, 1.82) is 0 Å². The van der Waals surface area contributed by atoms with E-state index in [0.717, 1.165) is 35.5 Å². The van der Waals surface area contributed by atoms with Gasteiger partial charge in [-0.3, -0.25) is 0 Å². The van der Waals surface area contributed by atoms with Crippen molar-refractivity contribution in [2.24, 2.45) is 0 Å². The number of fused-ring (bicyclic) bond motifs is 3. The van der Waals surface area contributed by atoms with E-state index in [9.17, 15) is 0 Å². The van der Waals surface area contributed by atoms with E-state index in [-0.39, 0.29) is 12.2 Å². The van der Waals surface area contributed by atoms with Crippen LogP contribution >= 0.6 is 0 Å². The molecule has 0 saturated carbocycles. The minimum absolute atomic E-state index is 0.208. The summed E-state index contributed by atoms with van der Waals surface area (Å²) in [5.74, 6) is 0.975. The molecule has 0 bridgehead atoms. The smallest absolute Gasteiger partial charge is 0.156 e. The van der Waals surface area contributed by atoms with Crippen molar-refractivity contribution in [1.82, 2.24) is 15.0 Å². The van der Waals surface area contributed by atoms with Gasteiger partial charge in [0.1, 0.15) is 17.4 Å². The third-order valence-corrected chi connectivity index (χ3v) is 4.32. The monoisotopic (exact) mass is 296 g/mol. The molecule has 22 heavy (non-hydrogen) atoms. The first-order valence-electron chi connectivity index (χ1n) is 7.76. The molecule has 1 aliphatic heterocycles. The van der Waals surface area contributed by atoms with Gasteiger partial charge in [-0.05, 0) is 32.4 Å². The summed E-state index contributed by atoms with van der Waals surface area (Å²) in [6.07, 6.45) is 2.09. The first-order valence-corrected chi connectivity index (χ1v) is 7.76. The molecule has 3 heterocycles. The number of nitrogens with one attached hydrogen (secondary N) is 1. The van der Waals surface area contributed by atoms with Gasteiger partial charge in [0.05, 0.1) is 12.2 Å². The van der Waals surface area contributed by atoms with E-state index in [4.69, 9.17) is 4.74 Å². The molecule has 2 aromatic heterocycles. The van der Waals surface area contributed by atoms with E-state index in [1.165, 1.54) is 10.9 Å². The predicted molar refractivity (Wildman–Crippen MR) is 88.4 cm³/mol. The van der Waals surface area contributed by atoms with Crippen LogP contribution in [0.3, 0.4) is 0 Å². The quantitative estimate of drug-likeness (QED) is 0.750. The van der Waals surface area contributed by atoms with E-state index in [1.54, 1.807) is 6.33 Å². The van der Waals surface area contributed by atoms with Crippen LogP contribution in [0.5, 0.6) is 0 Å². The maximum atomic E-state index is 5.83. The summed E-state index contributed by atoms with van der Waals surface area (Å²) >= 11 is 0. The van der Waals surface area contributed by atoms with Gasteiger partial charge in [-0.15, -0.1) is 0 Å². The Morgan fingerprint density at radius 3 is 2.73 bits per heavy atom. The zero-order chi connectivity index (χ0) is 15.3. The SMILES string of the molecule is Cc1cccc2[nH]c3c(N4C[C@@H](C)O[C@@H](C)C4)ncnc3c12. The largest absolute Gasteiger partial charge is 0.372 e. The van der Waals surface area contributed by atoms with Crippen LogP contribution in [0.25, 0.3) is 21.9 Å². The number of H-pyrrole nitrogens is 1. The highest BCUT2D eigenvalue weighted by atomic mass is 16.5. The molecule has 2 atom stereocenters. The summed E-state index contributed by atoms with van der Waals surface area (Å²) in [6.45, 7) is 8.04. The lowest BCUT2D eigenvalue weighted by Crippen LogP contribution is -2.46. The molecule has 1 fully saturated rings. The number of anilines is 1. The molecule has 1 aliphatic rings. The van der Waals surface area contributed by atoms with Crippen LogP contribution in [0.15, 0.2) is 24.5 Å². The number of aryl methyl sites for hydroxylation is 1. The summed E-state index contributed by atoms with van der Waals surface area (Å²) in [5, 5.41) is 1.19. The van der Waals surface area contributed by atoms with Crippen LogP contribution in [-0.4, -0.2) is 40.2 Å². The van der Waals surface area contributed by atoms with Gasteiger partial charge in [-0.25, -0.2) is 9.97 Å². The second kappa shape index (κ2) is 4.95. The summed E-state index contributed by atoms with van der Waals surface area (Å²) in [4.78, 5) is 14.9. The number of rotatable bonds is 1. The van der Waals surface area contributed by atoms with Crippen molar-refractivity contribution in [3.8, 4) is 0 Å². The highest BCUT2D eigenvalue weighted by Gasteiger charge is 2.25. The van der Waals surface area contributed by atoms with E-state index < -0.39 is 0 Å². The van der Waals surface area contributed by atoms with Gasteiger partial charge in [-0.1, -0.05) is 12.1 Å². The van der Waals surface area contributed by atoms with Crippen LogP contribution in [0.4, 0.5) is 5.82 Å². The first kappa shape index (κ1) is 13.5.